The van der Waals surface area contributed by atoms with Gasteiger partial charge in [-0.15, -0.1) is 0 Å². The molecule has 1 aliphatic rings. The molecule has 23 heavy (non-hydrogen) atoms. The van der Waals surface area contributed by atoms with Gasteiger partial charge < -0.3 is 15.4 Å². The molecule has 128 valence electrons. The van der Waals surface area contributed by atoms with Crippen molar-refractivity contribution in [2.24, 2.45) is 0 Å². The zero-order valence-electron chi connectivity index (χ0n) is 14.3. The monoisotopic (exact) mass is 318 g/mol. The molecule has 1 aromatic rings. The molecule has 0 radical (unpaired) electrons. The number of aryl methyl sites for hydroxylation is 1. The van der Waals surface area contributed by atoms with Crippen LogP contribution in [0.4, 0.5) is 0 Å². The molecule has 0 unspecified atom stereocenters. The molecule has 1 saturated carbocycles. The molecule has 2 N–H and O–H groups in total. The van der Waals surface area contributed by atoms with Gasteiger partial charge in [0.2, 0.25) is 5.91 Å². The lowest BCUT2D eigenvalue weighted by molar-refractivity contribution is -0.121. The second-order valence-corrected chi connectivity index (χ2v) is 6.34. The normalized spacial score (nSPS) is 15.9. The molecular formula is C19H30N2O2. The third-order valence-electron chi connectivity index (χ3n) is 4.54. The van der Waals surface area contributed by atoms with Gasteiger partial charge in [0.1, 0.15) is 5.75 Å². The number of amides is 1. The lowest BCUT2D eigenvalue weighted by atomic mass is 10.1. The summed E-state index contributed by atoms with van der Waals surface area (Å²) in [5.41, 5.74) is 1.16. The van der Waals surface area contributed by atoms with E-state index in [9.17, 15) is 4.79 Å². The molecule has 0 atom stereocenters. The predicted molar refractivity (Wildman–Crippen MR) is 93.8 cm³/mol. The minimum absolute atomic E-state index is 0.128. The summed E-state index contributed by atoms with van der Waals surface area (Å²) < 4.78 is 5.13. The summed E-state index contributed by atoms with van der Waals surface area (Å²) >= 11 is 0. The van der Waals surface area contributed by atoms with E-state index in [1.54, 1.807) is 7.11 Å². The van der Waals surface area contributed by atoms with Crippen LogP contribution in [-0.2, 0) is 11.2 Å². The van der Waals surface area contributed by atoms with Crippen LogP contribution < -0.4 is 15.4 Å². The van der Waals surface area contributed by atoms with Crippen molar-refractivity contribution in [2.75, 3.05) is 20.2 Å². The maximum absolute atomic E-state index is 11.9. The van der Waals surface area contributed by atoms with Gasteiger partial charge >= 0.3 is 0 Å². The Balaban J connectivity index is 1.55. The van der Waals surface area contributed by atoms with Crippen LogP contribution >= 0.6 is 0 Å². The number of rotatable bonds is 8. The first kappa shape index (κ1) is 17.8. The summed E-state index contributed by atoms with van der Waals surface area (Å²) in [5.74, 6) is 0.978. The molecule has 2 rings (SSSR count). The fourth-order valence-electron chi connectivity index (χ4n) is 3.10. The fourth-order valence-corrected chi connectivity index (χ4v) is 3.10. The van der Waals surface area contributed by atoms with Gasteiger partial charge in [-0.25, -0.2) is 0 Å². The van der Waals surface area contributed by atoms with E-state index in [0.29, 0.717) is 12.5 Å². The van der Waals surface area contributed by atoms with Crippen molar-refractivity contribution in [1.82, 2.24) is 10.6 Å². The second-order valence-electron chi connectivity index (χ2n) is 6.34. The first-order valence-corrected chi connectivity index (χ1v) is 8.91. The Morgan fingerprint density at radius 3 is 2.43 bits per heavy atom. The number of carbonyl (C=O) groups excluding carboxylic acids is 1. The number of hydrogen-bond acceptors (Lipinski definition) is 3. The molecule has 0 heterocycles. The lowest BCUT2D eigenvalue weighted by Crippen LogP contribution is -2.36. The lowest BCUT2D eigenvalue weighted by Gasteiger charge is -2.16. The molecule has 1 aliphatic carbocycles. The minimum atomic E-state index is 0.128. The van der Waals surface area contributed by atoms with Crippen LogP contribution in [-0.4, -0.2) is 32.1 Å². The number of benzene rings is 1. The molecule has 0 aliphatic heterocycles. The molecule has 0 spiro atoms. The van der Waals surface area contributed by atoms with E-state index in [1.165, 1.54) is 38.5 Å². The summed E-state index contributed by atoms with van der Waals surface area (Å²) in [6, 6.07) is 8.54. The quantitative estimate of drug-likeness (QED) is 0.572. The molecule has 0 aromatic heterocycles. The Morgan fingerprint density at radius 2 is 1.78 bits per heavy atom. The molecular weight excluding hydrogens is 288 g/mol. The van der Waals surface area contributed by atoms with Crippen LogP contribution in [0.1, 0.15) is 50.5 Å². The highest BCUT2D eigenvalue weighted by Crippen LogP contribution is 2.16. The smallest absolute Gasteiger partial charge is 0.220 e. The van der Waals surface area contributed by atoms with Crippen LogP contribution in [0.2, 0.25) is 0 Å². The van der Waals surface area contributed by atoms with Crippen LogP contribution in [0.25, 0.3) is 0 Å². The number of methoxy groups -OCH3 is 1. The highest BCUT2D eigenvalue weighted by atomic mass is 16.5. The third kappa shape index (κ3) is 7.04. The average Bonchev–Trinajstić information content (AvgIpc) is 2.86. The Morgan fingerprint density at radius 1 is 1.09 bits per heavy atom. The van der Waals surface area contributed by atoms with Gasteiger partial charge in [0.25, 0.3) is 0 Å². The van der Waals surface area contributed by atoms with Crippen molar-refractivity contribution in [3.63, 3.8) is 0 Å². The summed E-state index contributed by atoms with van der Waals surface area (Å²) in [7, 11) is 1.66. The fraction of sp³-hybridized carbons (Fsp3) is 0.632. The van der Waals surface area contributed by atoms with E-state index in [1.807, 2.05) is 24.3 Å². The van der Waals surface area contributed by atoms with Gasteiger partial charge in [0, 0.05) is 25.6 Å². The highest BCUT2D eigenvalue weighted by molar-refractivity contribution is 5.76. The maximum atomic E-state index is 11.9. The molecule has 1 amide bonds. The summed E-state index contributed by atoms with van der Waals surface area (Å²) in [5, 5.41) is 6.58. The SMILES string of the molecule is COc1ccc(CCC(=O)NCCNC2CCCCCC2)cc1. The van der Waals surface area contributed by atoms with E-state index in [2.05, 4.69) is 10.6 Å². The predicted octanol–water partition coefficient (Wildman–Crippen LogP) is 3.06. The first-order chi connectivity index (χ1) is 11.3. The zero-order valence-corrected chi connectivity index (χ0v) is 14.3. The van der Waals surface area contributed by atoms with E-state index < -0.39 is 0 Å². The second kappa shape index (κ2) is 10.3. The standard InChI is InChI=1S/C19H30N2O2/c1-23-18-11-8-16(9-12-18)10-13-19(22)21-15-14-20-17-6-4-2-3-5-7-17/h8-9,11-12,17,20H,2-7,10,13-15H2,1H3,(H,21,22). The Bertz CT molecular complexity index is 451. The van der Waals surface area contributed by atoms with Crippen molar-refractivity contribution in [1.29, 1.82) is 0 Å². The topological polar surface area (TPSA) is 50.4 Å². The van der Waals surface area contributed by atoms with Gasteiger partial charge in [-0.2, -0.15) is 0 Å². The third-order valence-corrected chi connectivity index (χ3v) is 4.54. The number of ether oxygens (including phenoxy) is 1. The van der Waals surface area contributed by atoms with Crippen molar-refractivity contribution in [3.05, 3.63) is 29.8 Å². The first-order valence-electron chi connectivity index (χ1n) is 8.91. The molecule has 1 aromatic carbocycles. The number of nitrogens with one attached hydrogen (secondary N) is 2. The van der Waals surface area contributed by atoms with E-state index in [0.717, 1.165) is 30.8 Å². The van der Waals surface area contributed by atoms with Crippen LogP contribution in [0.15, 0.2) is 24.3 Å². The maximum Gasteiger partial charge on any atom is 0.220 e. The molecule has 1 fully saturated rings. The van der Waals surface area contributed by atoms with Gasteiger partial charge in [0.05, 0.1) is 7.11 Å². The average molecular weight is 318 g/mol. The summed E-state index contributed by atoms with van der Waals surface area (Å²) in [4.78, 5) is 11.9. The van der Waals surface area contributed by atoms with Gasteiger partial charge in [-0.05, 0) is 37.0 Å². The van der Waals surface area contributed by atoms with Crippen LogP contribution in [0.3, 0.4) is 0 Å². The Labute approximate surface area is 140 Å². The van der Waals surface area contributed by atoms with Gasteiger partial charge in [-0.3, -0.25) is 4.79 Å². The summed E-state index contributed by atoms with van der Waals surface area (Å²) in [6.07, 6.45) is 9.30. The minimum Gasteiger partial charge on any atom is -0.497 e. The van der Waals surface area contributed by atoms with E-state index >= 15 is 0 Å². The van der Waals surface area contributed by atoms with Crippen LogP contribution in [0.5, 0.6) is 5.75 Å². The van der Waals surface area contributed by atoms with Crippen molar-refractivity contribution in [3.8, 4) is 5.75 Å². The molecule has 0 bridgehead atoms. The molecule has 4 heteroatoms. The van der Waals surface area contributed by atoms with Crippen molar-refractivity contribution < 1.29 is 9.53 Å². The molecule has 4 nitrogen and oxygen atoms in total. The Kier molecular flexibility index (Phi) is 7.95. The van der Waals surface area contributed by atoms with E-state index in [-0.39, 0.29) is 5.91 Å². The van der Waals surface area contributed by atoms with Crippen LogP contribution in [0, 0.1) is 0 Å². The molecule has 0 saturated heterocycles. The largest absolute Gasteiger partial charge is 0.497 e. The number of hydrogen-bond donors (Lipinski definition) is 2. The van der Waals surface area contributed by atoms with Crippen molar-refractivity contribution in [2.45, 2.75) is 57.4 Å². The van der Waals surface area contributed by atoms with Gasteiger partial charge in [0.15, 0.2) is 0 Å². The highest BCUT2D eigenvalue weighted by Gasteiger charge is 2.11. The Hall–Kier alpha value is -1.55. The number of carbonyl (C=O) groups is 1. The zero-order chi connectivity index (χ0) is 16.3. The summed E-state index contributed by atoms with van der Waals surface area (Å²) in [6.45, 7) is 1.59. The van der Waals surface area contributed by atoms with E-state index in [4.69, 9.17) is 4.74 Å². The van der Waals surface area contributed by atoms with Gasteiger partial charge in [-0.1, -0.05) is 37.8 Å². The van der Waals surface area contributed by atoms with Crippen molar-refractivity contribution >= 4 is 5.91 Å².